The number of hydrazine groups is 1. The smallest absolute Gasteiger partial charge is 0.290 e. The Balaban J connectivity index is 1.52. The number of amides is 1. The number of benzene rings is 1. The average molecular weight is 457 g/mol. The van der Waals surface area contributed by atoms with Gasteiger partial charge in [0.2, 0.25) is 0 Å². The Morgan fingerprint density at radius 2 is 1.94 bits per heavy atom. The molecule has 2 fully saturated rings. The lowest BCUT2D eigenvalue weighted by Crippen LogP contribution is -2.51. The summed E-state index contributed by atoms with van der Waals surface area (Å²) < 4.78 is 35.0. The van der Waals surface area contributed by atoms with Gasteiger partial charge in [0.05, 0.1) is 16.5 Å². The molecule has 9 heteroatoms. The first-order valence-corrected chi connectivity index (χ1v) is 11.4. The molecule has 3 heterocycles. The van der Waals surface area contributed by atoms with Crippen molar-refractivity contribution in [3.8, 4) is 21.0 Å². The van der Waals surface area contributed by atoms with E-state index in [-0.39, 0.29) is 22.4 Å². The topological polar surface area (TPSA) is 81.3 Å². The Labute approximate surface area is 188 Å². The molecular weight excluding hydrogens is 434 g/mol. The molecule has 2 aromatic heterocycles. The van der Waals surface area contributed by atoms with Gasteiger partial charge in [-0.1, -0.05) is 18.6 Å². The van der Waals surface area contributed by atoms with E-state index < -0.39 is 23.8 Å². The number of carbonyl (C=O) groups is 1. The van der Waals surface area contributed by atoms with Crippen LogP contribution in [0.4, 0.5) is 8.78 Å². The van der Waals surface area contributed by atoms with E-state index in [0.717, 1.165) is 54.2 Å². The third kappa shape index (κ3) is 3.80. The summed E-state index contributed by atoms with van der Waals surface area (Å²) in [5, 5.41) is 1.14. The van der Waals surface area contributed by atoms with Crippen molar-refractivity contribution in [2.75, 3.05) is 0 Å². The van der Waals surface area contributed by atoms with Crippen molar-refractivity contribution in [1.29, 1.82) is 0 Å². The monoisotopic (exact) mass is 456 g/mol. The minimum Gasteiger partial charge on any atom is -0.353 e. The molecule has 3 unspecified atom stereocenters. The molecule has 1 aliphatic carbocycles. The lowest BCUT2D eigenvalue weighted by Gasteiger charge is -2.36. The second-order valence-corrected chi connectivity index (χ2v) is 9.14. The van der Waals surface area contributed by atoms with Crippen molar-refractivity contribution in [3.05, 3.63) is 60.1 Å². The standard InChI is InChI=1S/C23H22F2N4O2S/c24-15-6-2-7-16(25)19(15)22-28-20(21(32-22)14-5-3-11-27-12-14)23(30)29(26)18-10-9-13-4-1-8-17(13)31-18/h2-3,5-7,11-13,17-18H,1,4,8-10,26H2. The number of nitrogens with zero attached hydrogens (tertiary/aromatic N) is 3. The van der Waals surface area contributed by atoms with E-state index in [1.54, 1.807) is 24.5 Å². The van der Waals surface area contributed by atoms with Crippen molar-refractivity contribution < 1.29 is 18.3 Å². The summed E-state index contributed by atoms with van der Waals surface area (Å²) in [6.07, 6.45) is 7.57. The lowest BCUT2D eigenvalue weighted by molar-refractivity contribution is -0.130. The van der Waals surface area contributed by atoms with E-state index in [1.165, 1.54) is 6.07 Å². The first kappa shape index (κ1) is 21.1. The molecule has 1 saturated heterocycles. The molecule has 0 radical (unpaired) electrons. The summed E-state index contributed by atoms with van der Waals surface area (Å²) in [5.41, 5.74) is 0.374. The number of ether oxygens (including phenoxy) is 1. The molecule has 5 rings (SSSR count). The van der Waals surface area contributed by atoms with Gasteiger partial charge in [0.1, 0.15) is 28.6 Å². The SMILES string of the molecule is NN(C(=O)c1nc(-c2c(F)cccc2F)sc1-c1cccnc1)C1CCC2CCCC2O1. The van der Waals surface area contributed by atoms with E-state index in [9.17, 15) is 13.6 Å². The fraction of sp³-hybridized carbons (Fsp3) is 0.348. The maximum absolute atomic E-state index is 14.4. The molecule has 0 bridgehead atoms. The van der Waals surface area contributed by atoms with Gasteiger partial charge in [-0.05, 0) is 49.8 Å². The molecule has 2 N–H and O–H groups in total. The van der Waals surface area contributed by atoms with Gasteiger partial charge in [-0.15, -0.1) is 11.3 Å². The Hall–Kier alpha value is -2.75. The van der Waals surface area contributed by atoms with Crippen LogP contribution < -0.4 is 5.84 Å². The number of hydrogen-bond donors (Lipinski definition) is 1. The number of thiazole rings is 1. The number of rotatable bonds is 4. The number of pyridine rings is 1. The predicted molar refractivity (Wildman–Crippen MR) is 116 cm³/mol. The first-order chi connectivity index (χ1) is 15.5. The average Bonchev–Trinajstić information content (AvgIpc) is 3.45. The largest absolute Gasteiger partial charge is 0.353 e. The van der Waals surface area contributed by atoms with Crippen LogP contribution in [0.5, 0.6) is 0 Å². The molecule has 1 saturated carbocycles. The zero-order chi connectivity index (χ0) is 22.2. The van der Waals surface area contributed by atoms with Crippen LogP contribution in [-0.4, -0.2) is 33.2 Å². The Kier molecular flexibility index (Phi) is 5.71. The minimum absolute atomic E-state index is 0.0281. The van der Waals surface area contributed by atoms with Crippen LogP contribution in [0, 0.1) is 17.6 Å². The van der Waals surface area contributed by atoms with Gasteiger partial charge in [-0.25, -0.2) is 24.6 Å². The first-order valence-electron chi connectivity index (χ1n) is 10.6. The van der Waals surface area contributed by atoms with Gasteiger partial charge in [0.25, 0.3) is 5.91 Å². The highest BCUT2D eigenvalue weighted by molar-refractivity contribution is 7.18. The van der Waals surface area contributed by atoms with E-state index >= 15 is 0 Å². The summed E-state index contributed by atoms with van der Waals surface area (Å²) in [4.78, 5) is 22.3. The van der Waals surface area contributed by atoms with Gasteiger partial charge in [-0.3, -0.25) is 9.78 Å². The second-order valence-electron chi connectivity index (χ2n) is 8.15. The zero-order valence-electron chi connectivity index (χ0n) is 17.2. The predicted octanol–water partition coefficient (Wildman–Crippen LogP) is 4.77. The van der Waals surface area contributed by atoms with Crippen molar-refractivity contribution >= 4 is 17.2 Å². The molecule has 3 aromatic rings. The van der Waals surface area contributed by atoms with Crippen LogP contribution in [0.15, 0.2) is 42.7 Å². The summed E-state index contributed by atoms with van der Waals surface area (Å²) in [5.74, 6) is 4.70. The molecule has 1 aromatic carbocycles. The highest BCUT2D eigenvalue weighted by atomic mass is 32.1. The van der Waals surface area contributed by atoms with Gasteiger partial charge >= 0.3 is 0 Å². The highest BCUT2D eigenvalue weighted by Crippen LogP contribution is 2.40. The molecule has 2 aliphatic rings. The van der Waals surface area contributed by atoms with Crippen molar-refractivity contribution in [2.24, 2.45) is 11.8 Å². The summed E-state index contributed by atoms with van der Waals surface area (Å²) in [6, 6.07) is 7.09. The zero-order valence-corrected chi connectivity index (χ0v) is 18.0. The van der Waals surface area contributed by atoms with Crippen LogP contribution in [-0.2, 0) is 4.74 Å². The van der Waals surface area contributed by atoms with E-state index in [0.29, 0.717) is 22.8 Å². The fourth-order valence-electron chi connectivity index (χ4n) is 4.56. The van der Waals surface area contributed by atoms with Gasteiger partial charge < -0.3 is 4.74 Å². The van der Waals surface area contributed by atoms with Gasteiger partial charge in [0.15, 0.2) is 0 Å². The minimum atomic E-state index is -0.747. The van der Waals surface area contributed by atoms with Crippen LogP contribution in [0.25, 0.3) is 21.0 Å². The molecule has 3 atom stereocenters. The third-order valence-electron chi connectivity index (χ3n) is 6.18. The number of fused-ring (bicyclic) bond motifs is 1. The van der Waals surface area contributed by atoms with Crippen LogP contribution in [0.1, 0.15) is 42.6 Å². The number of halogens is 2. The molecular formula is C23H22F2N4O2S. The second kappa shape index (κ2) is 8.65. The van der Waals surface area contributed by atoms with Crippen molar-refractivity contribution in [3.63, 3.8) is 0 Å². The Morgan fingerprint density at radius 1 is 1.12 bits per heavy atom. The van der Waals surface area contributed by atoms with E-state index in [1.807, 2.05) is 0 Å². The summed E-state index contributed by atoms with van der Waals surface area (Å²) in [7, 11) is 0. The summed E-state index contributed by atoms with van der Waals surface area (Å²) in [6.45, 7) is 0. The number of carbonyl (C=O) groups excluding carboxylic acids is 1. The molecule has 166 valence electrons. The van der Waals surface area contributed by atoms with Crippen molar-refractivity contribution in [1.82, 2.24) is 15.0 Å². The van der Waals surface area contributed by atoms with Crippen LogP contribution >= 0.6 is 11.3 Å². The molecule has 0 spiro atoms. The Bertz CT molecular complexity index is 1120. The fourth-order valence-corrected chi connectivity index (χ4v) is 5.66. The van der Waals surface area contributed by atoms with E-state index in [2.05, 4.69) is 9.97 Å². The molecule has 1 aliphatic heterocycles. The Morgan fingerprint density at radius 3 is 2.69 bits per heavy atom. The number of nitrogens with two attached hydrogens (primary N) is 1. The quantitative estimate of drug-likeness (QED) is 0.347. The lowest BCUT2D eigenvalue weighted by atomic mass is 9.96. The maximum atomic E-state index is 14.4. The highest BCUT2D eigenvalue weighted by Gasteiger charge is 2.38. The third-order valence-corrected chi connectivity index (χ3v) is 7.30. The van der Waals surface area contributed by atoms with Crippen molar-refractivity contribution in [2.45, 2.75) is 44.4 Å². The number of hydrogen-bond acceptors (Lipinski definition) is 6. The van der Waals surface area contributed by atoms with E-state index in [4.69, 9.17) is 10.6 Å². The molecule has 1 amide bonds. The normalized spacial score (nSPS) is 22.5. The van der Waals surface area contributed by atoms with Gasteiger partial charge in [0, 0.05) is 18.0 Å². The number of aromatic nitrogens is 2. The molecule has 32 heavy (non-hydrogen) atoms. The molecule has 6 nitrogen and oxygen atoms in total. The summed E-state index contributed by atoms with van der Waals surface area (Å²) >= 11 is 1.03. The maximum Gasteiger partial charge on any atom is 0.290 e. The van der Waals surface area contributed by atoms with Crippen LogP contribution in [0.2, 0.25) is 0 Å². The van der Waals surface area contributed by atoms with Crippen LogP contribution in [0.3, 0.4) is 0 Å². The van der Waals surface area contributed by atoms with Gasteiger partial charge in [-0.2, -0.15) is 0 Å².